The smallest absolute Gasteiger partial charge is 0.332 e. The van der Waals surface area contributed by atoms with Gasteiger partial charge in [-0.3, -0.25) is 4.79 Å². The maximum atomic E-state index is 11.7. The Bertz CT molecular complexity index is 515. The minimum atomic E-state index is -0.915. The van der Waals surface area contributed by atoms with E-state index in [1.165, 1.54) is 11.1 Å². The molecule has 0 aromatic carbocycles. The lowest BCUT2D eigenvalue weighted by atomic mass is 10.2. The van der Waals surface area contributed by atoms with Crippen LogP contribution in [0.25, 0.3) is 0 Å². The molecule has 0 bridgehead atoms. The molecule has 1 aromatic rings. The van der Waals surface area contributed by atoms with Crippen molar-refractivity contribution in [3.8, 4) is 0 Å². The van der Waals surface area contributed by atoms with Gasteiger partial charge in [-0.05, 0) is 25.0 Å². The first-order valence-corrected chi connectivity index (χ1v) is 6.77. The molecule has 0 radical (unpaired) electrons. The van der Waals surface area contributed by atoms with E-state index in [1.54, 1.807) is 26.2 Å². The van der Waals surface area contributed by atoms with Gasteiger partial charge in [-0.1, -0.05) is 0 Å². The summed E-state index contributed by atoms with van der Waals surface area (Å²) in [6.07, 6.45) is 1.92. The summed E-state index contributed by atoms with van der Waals surface area (Å²) in [6, 6.07) is 3.42. The van der Waals surface area contributed by atoms with Crippen LogP contribution in [-0.2, 0) is 9.53 Å². The van der Waals surface area contributed by atoms with Crippen LogP contribution in [0.4, 0.5) is 5.82 Å². The first-order chi connectivity index (χ1) is 9.97. The summed E-state index contributed by atoms with van der Waals surface area (Å²) in [6.45, 7) is 0.498. The molecule has 1 fully saturated rings. The zero-order valence-corrected chi connectivity index (χ0v) is 12.1. The van der Waals surface area contributed by atoms with Gasteiger partial charge in [-0.15, -0.1) is 0 Å². The summed E-state index contributed by atoms with van der Waals surface area (Å²) >= 11 is 0. The molecule has 114 valence electrons. The summed E-state index contributed by atoms with van der Waals surface area (Å²) < 4.78 is 5.39. The lowest BCUT2D eigenvalue weighted by molar-refractivity contribution is -0.149. The second kappa shape index (κ2) is 6.53. The van der Waals surface area contributed by atoms with Crippen molar-refractivity contribution in [3.05, 3.63) is 23.9 Å². The second-order valence-electron chi connectivity index (χ2n) is 5.17. The molecule has 0 spiro atoms. The van der Waals surface area contributed by atoms with Gasteiger partial charge in [0.15, 0.2) is 6.10 Å². The van der Waals surface area contributed by atoms with Crippen molar-refractivity contribution in [1.82, 2.24) is 9.88 Å². The zero-order chi connectivity index (χ0) is 15.4. The molecule has 2 heterocycles. The quantitative estimate of drug-likeness (QED) is 0.835. The summed E-state index contributed by atoms with van der Waals surface area (Å²) in [5.74, 6) is -0.382. The fourth-order valence-corrected chi connectivity index (χ4v) is 2.14. The Morgan fingerprint density at radius 2 is 2.19 bits per heavy atom. The number of rotatable bonds is 5. The molecule has 2 rings (SSSR count). The number of nitrogens with zero attached hydrogens (tertiary/aromatic N) is 2. The summed E-state index contributed by atoms with van der Waals surface area (Å²) in [7, 11) is 3.37. The predicted molar refractivity (Wildman–Crippen MR) is 76.3 cm³/mol. The predicted octanol–water partition coefficient (Wildman–Crippen LogP) is 0.827. The molecule has 2 N–H and O–H groups in total. The Labute approximate surface area is 122 Å². The number of amides is 1. The van der Waals surface area contributed by atoms with Crippen molar-refractivity contribution < 1.29 is 19.4 Å². The van der Waals surface area contributed by atoms with Crippen LogP contribution in [0, 0.1) is 0 Å². The van der Waals surface area contributed by atoms with Gasteiger partial charge >= 0.3 is 5.97 Å². The van der Waals surface area contributed by atoms with Gasteiger partial charge in [0.05, 0.1) is 11.7 Å². The van der Waals surface area contributed by atoms with E-state index in [0.717, 1.165) is 0 Å². The van der Waals surface area contributed by atoms with E-state index in [1.807, 2.05) is 0 Å². The fraction of sp³-hybridized carbons (Fsp3) is 0.500. The molecule has 7 heteroatoms. The van der Waals surface area contributed by atoms with Crippen molar-refractivity contribution in [1.29, 1.82) is 0 Å². The highest BCUT2D eigenvalue weighted by atomic mass is 16.5. The number of ether oxygens (including phenoxy) is 1. The van der Waals surface area contributed by atoms with E-state index in [2.05, 4.69) is 10.3 Å². The van der Waals surface area contributed by atoms with Gasteiger partial charge in [0, 0.05) is 26.8 Å². The minimum absolute atomic E-state index is 0.0996. The number of anilines is 1. The highest BCUT2D eigenvalue weighted by Crippen LogP contribution is 2.20. The summed E-state index contributed by atoms with van der Waals surface area (Å²) in [5.41, 5.74) is 0.522. The Morgan fingerprint density at radius 3 is 2.71 bits per heavy atom. The van der Waals surface area contributed by atoms with Gasteiger partial charge in [-0.2, -0.15) is 0 Å². The van der Waals surface area contributed by atoms with Crippen LogP contribution in [0.3, 0.4) is 0 Å². The number of nitrogens with one attached hydrogen (secondary N) is 1. The van der Waals surface area contributed by atoms with Crippen molar-refractivity contribution >= 4 is 17.7 Å². The van der Waals surface area contributed by atoms with Crippen LogP contribution in [0.2, 0.25) is 0 Å². The molecule has 1 aromatic heterocycles. The van der Waals surface area contributed by atoms with Crippen molar-refractivity contribution in [2.24, 2.45) is 0 Å². The highest BCUT2D eigenvalue weighted by molar-refractivity contribution is 5.93. The number of carbonyl (C=O) groups excluding carboxylic acids is 1. The lowest BCUT2D eigenvalue weighted by Crippen LogP contribution is -2.25. The van der Waals surface area contributed by atoms with Crippen LogP contribution < -0.4 is 5.32 Å². The van der Waals surface area contributed by atoms with Gasteiger partial charge < -0.3 is 20.1 Å². The lowest BCUT2D eigenvalue weighted by Gasteiger charge is -2.13. The van der Waals surface area contributed by atoms with Crippen molar-refractivity contribution in [3.63, 3.8) is 0 Å². The van der Waals surface area contributed by atoms with E-state index >= 15 is 0 Å². The zero-order valence-electron chi connectivity index (χ0n) is 12.1. The summed E-state index contributed by atoms with van der Waals surface area (Å²) in [4.78, 5) is 28.2. The normalized spacial score (nSPS) is 21.0. The van der Waals surface area contributed by atoms with E-state index < -0.39 is 12.1 Å². The molecule has 1 saturated heterocycles. The molecule has 21 heavy (non-hydrogen) atoms. The molecule has 0 aliphatic carbocycles. The number of aliphatic carboxylic acids is 1. The second-order valence-corrected chi connectivity index (χ2v) is 5.17. The molecule has 1 amide bonds. The molecule has 7 nitrogen and oxygen atoms in total. The average molecular weight is 293 g/mol. The third kappa shape index (κ3) is 3.91. The van der Waals surface area contributed by atoms with E-state index in [4.69, 9.17) is 9.84 Å². The average Bonchev–Trinajstić information content (AvgIpc) is 2.94. The molecule has 1 aliphatic rings. The van der Waals surface area contributed by atoms with Crippen LogP contribution in [0.15, 0.2) is 18.3 Å². The van der Waals surface area contributed by atoms with Crippen LogP contribution in [-0.4, -0.2) is 59.7 Å². The minimum Gasteiger partial charge on any atom is -0.479 e. The van der Waals surface area contributed by atoms with Crippen LogP contribution in [0.5, 0.6) is 0 Å². The molecular weight excluding hydrogens is 274 g/mol. The first kappa shape index (κ1) is 15.2. The van der Waals surface area contributed by atoms with Crippen molar-refractivity contribution in [2.45, 2.75) is 25.0 Å². The van der Waals surface area contributed by atoms with Gasteiger partial charge in [0.2, 0.25) is 0 Å². The van der Waals surface area contributed by atoms with Crippen LogP contribution in [0.1, 0.15) is 23.2 Å². The number of carbonyl (C=O) groups is 2. The molecule has 0 saturated carbocycles. The number of carboxylic acid groups (broad SMARTS) is 1. The largest absolute Gasteiger partial charge is 0.479 e. The van der Waals surface area contributed by atoms with E-state index in [-0.39, 0.29) is 12.0 Å². The third-order valence-electron chi connectivity index (χ3n) is 3.31. The molecule has 2 atom stereocenters. The number of aromatic nitrogens is 1. The fourth-order valence-electron chi connectivity index (χ4n) is 2.14. The summed E-state index contributed by atoms with van der Waals surface area (Å²) in [5, 5.41) is 11.9. The Balaban J connectivity index is 1.84. The number of pyridine rings is 1. The molecule has 1 aliphatic heterocycles. The van der Waals surface area contributed by atoms with E-state index in [0.29, 0.717) is 30.8 Å². The van der Waals surface area contributed by atoms with Gasteiger partial charge in [0.1, 0.15) is 5.82 Å². The standard InChI is InChI=1S/C14H19N3O4/c1-17(2)13(18)9-3-6-12(15-7-9)16-8-10-4-5-11(21-10)14(19)20/h3,6-7,10-11H,4-5,8H2,1-2H3,(H,15,16)(H,19,20). The van der Waals surface area contributed by atoms with Gasteiger partial charge in [0.25, 0.3) is 5.91 Å². The number of hydrogen-bond donors (Lipinski definition) is 2. The number of hydrogen-bond acceptors (Lipinski definition) is 5. The van der Waals surface area contributed by atoms with Gasteiger partial charge in [-0.25, -0.2) is 9.78 Å². The van der Waals surface area contributed by atoms with E-state index in [9.17, 15) is 9.59 Å². The Kier molecular flexibility index (Phi) is 4.74. The SMILES string of the molecule is CN(C)C(=O)c1ccc(NCC2CCC(C(=O)O)O2)nc1. The molecular formula is C14H19N3O4. The molecule has 2 unspecified atom stereocenters. The maximum absolute atomic E-state index is 11.7. The highest BCUT2D eigenvalue weighted by Gasteiger charge is 2.30. The van der Waals surface area contributed by atoms with Crippen LogP contribution >= 0.6 is 0 Å². The first-order valence-electron chi connectivity index (χ1n) is 6.77. The topological polar surface area (TPSA) is 91.8 Å². The number of carboxylic acids is 1. The monoisotopic (exact) mass is 293 g/mol. The maximum Gasteiger partial charge on any atom is 0.332 e. The Hall–Kier alpha value is -2.15. The van der Waals surface area contributed by atoms with Crippen molar-refractivity contribution in [2.75, 3.05) is 26.0 Å². The third-order valence-corrected chi connectivity index (χ3v) is 3.31. The Morgan fingerprint density at radius 1 is 1.43 bits per heavy atom.